The number of aryl methyl sites for hydroxylation is 4. The molecule has 0 atom stereocenters. The SMILES string of the molecule is Cc1ccc(-c2c3ccccc3c(-c3ccc(C)cc3)c3cc4c(cc23)-c2cc(C(C)C)c3c5cc6c(c7cccc(c8cc(C(C)C)c-4c2c83)c75)-c2ccc(-c3c(C)cccc3C)cc2C6(C)C)cc1. The molecule has 0 aromatic heterocycles. The smallest absolute Gasteiger partial charge is 0.0159 e. The summed E-state index contributed by atoms with van der Waals surface area (Å²) in [6.45, 7) is 23.5. The lowest BCUT2D eigenvalue weighted by atomic mass is 9.77. The van der Waals surface area contributed by atoms with Crippen molar-refractivity contribution in [3.8, 4) is 66.8 Å². The molecule has 71 heavy (non-hydrogen) atoms. The third-order valence-corrected chi connectivity index (χ3v) is 17.2. The van der Waals surface area contributed by atoms with Gasteiger partial charge in [-0.05, 0) is 241 Å². The van der Waals surface area contributed by atoms with Gasteiger partial charge >= 0.3 is 0 Å². The van der Waals surface area contributed by atoms with Crippen molar-refractivity contribution in [3.63, 3.8) is 0 Å². The molecule has 0 radical (unpaired) electrons. The first kappa shape index (κ1) is 42.3. The molecule has 12 aromatic carbocycles. The Bertz CT molecular complexity index is 4280. The van der Waals surface area contributed by atoms with E-state index in [2.05, 4.69) is 227 Å². The van der Waals surface area contributed by atoms with Crippen molar-refractivity contribution < 1.29 is 0 Å². The van der Waals surface area contributed by atoms with Crippen molar-refractivity contribution in [2.75, 3.05) is 0 Å². The van der Waals surface area contributed by atoms with Crippen LogP contribution in [0.15, 0.2) is 158 Å². The van der Waals surface area contributed by atoms with Crippen LogP contribution in [0.25, 0.3) is 131 Å². The van der Waals surface area contributed by atoms with E-state index in [0.29, 0.717) is 11.8 Å². The van der Waals surface area contributed by atoms with Crippen LogP contribution in [0.5, 0.6) is 0 Å². The van der Waals surface area contributed by atoms with E-state index in [1.165, 1.54) is 176 Å². The van der Waals surface area contributed by atoms with Crippen LogP contribution in [0, 0.1) is 27.7 Å². The van der Waals surface area contributed by atoms with Gasteiger partial charge in [-0.2, -0.15) is 0 Å². The zero-order chi connectivity index (χ0) is 48.5. The average molecular weight is 911 g/mol. The van der Waals surface area contributed by atoms with E-state index in [4.69, 9.17) is 0 Å². The van der Waals surface area contributed by atoms with Crippen LogP contribution in [-0.4, -0.2) is 0 Å². The summed E-state index contributed by atoms with van der Waals surface area (Å²) in [6, 6.07) is 61.9. The average Bonchev–Trinajstić information content (AvgIpc) is 3.80. The Morgan fingerprint density at radius 3 is 1.49 bits per heavy atom. The first-order valence-electron chi connectivity index (χ1n) is 26.0. The summed E-state index contributed by atoms with van der Waals surface area (Å²) in [5, 5.41) is 16.4. The van der Waals surface area contributed by atoms with E-state index in [1.807, 2.05) is 0 Å². The second-order valence-electron chi connectivity index (χ2n) is 22.5. The minimum Gasteiger partial charge on any atom is -0.0617 e. The quantitative estimate of drug-likeness (QED) is 0.119. The zero-order valence-corrected chi connectivity index (χ0v) is 42.7. The standard InChI is InChI=1S/C71H58/c1-37(2)51-32-54-48-19-14-20-50-65(48)59(36-61-66(50)49-30-29-45(31-60(49)71(61,9)10)62-41(7)15-13-16-42(62)8)68-52(38(3)4)33-56-53-34-57-58(35-55(53)67(51)70(56)69(54)68)64(44-27-23-40(6)24-28-44)47-18-12-11-17-46(47)63(57)43-25-21-39(5)22-26-43/h11-38H,1-10H3. The van der Waals surface area contributed by atoms with Gasteiger partial charge in [0.25, 0.3) is 0 Å². The molecule has 2 aliphatic carbocycles. The molecule has 0 bridgehead atoms. The minimum absolute atomic E-state index is 0.194. The van der Waals surface area contributed by atoms with E-state index in [9.17, 15) is 0 Å². The van der Waals surface area contributed by atoms with Crippen LogP contribution in [0.3, 0.4) is 0 Å². The number of hydrogen-bond acceptors (Lipinski definition) is 0. The summed E-state index contributed by atoms with van der Waals surface area (Å²) >= 11 is 0. The summed E-state index contributed by atoms with van der Waals surface area (Å²) in [6.07, 6.45) is 0. The van der Waals surface area contributed by atoms with Crippen molar-refractivity contribution >= 4 is 64.6 Å². The molecule has 0 fully saturated rings. The first-order valence-corrected chi connectivity index (χ1v) is 26.0. The fourth-order valence-corrected chi connectivity index (χ4v) is 13.8. The Labute approximate surface area is 418 Å². The maximum atomic E-state index is 2.64. The molecule has 2 aliphatic rings. The second kappa shape index (κ2) is 14.8. The van der Waals surface area contributed by atoms with Crippen LogP contribution < -0.4 is 0 Å². The van der Waals surface area contributed by atoms with Crippen molar-refractivity contribution in [1.29, 1.82) is 0 Å². The Balaban J connectivity index is 1.12. The molecule has 0 aliphatic heterocycles. The molecule has 0 unspecified atom stereocenters. The van der Waals surface area contributed by atoms with Gasteiger partial charge in [-0.15, -0.1) is 0 Å². The van der Waals surface area contributed by atoms with Crippen LogP contribution in [0.1, 0.15) is 97.9 Å². The van der Waals surface area contributed by atoms with Gasteiger partial charge < -0.3 is 0 Å². The normalized spacial score (nSPS) is 13.6. The van der Waals surface area contributed by atoms with Crippen LogP contribution in [0.2, 0.25) is 0 Å². The van der Waals surface area contributed by atoms with E-state index in [0.717, 1.165) is 0 Å². The Morgan fingerprint density at radius 1 is 0.310 bits per heavy atom. The summed E-state index contributed by atoms with van der Waals surface area (Å²) in [5.41, 5.74) is 26.8. The predicted octanol–water partition coefficient (Wildman–Crippen LogP) is 20.5. The molecule has 14 rings (SSSR count). The molecule has 0 saturated heterocycles. The highest BCUT2D eigenvalue weighted by Gasteiger charge is 2.39. The highest BCUT2D eigenvalue weighted by atomic mass is 14.4. The minimum atomic E-state index is -0.194. The van der Waals surface area contributed by atoms with Gasteiger partial charge in [0.2, 0.25) is 0 Å². The van der Waals surface area contributed by atoms with E-state index >= 15 is 0 Å². The highest BCUT2D eigenvalue weighted by molar-refractivity contribution is 6.40. The van der Waals surface area contributed by atoms with Crippen LogP contribution in [-0.2, 0) is 5.41 Å². The fraction of sp³-hybridized carbons (Fsp3) is 0.183. The van der Waals surface area contributed by atoms with Gasteiger partial charge in [0.15, 0.2) is 0 Å². The molecule has 0 heterocycles. The number of rotatable bonds is 5. The molecular formula is C71H58. The molecule has 0 amide bonds. The number of fused-ring (bicyclic) bond motifs is 11. The van der Waals surface area contributed by atoms with E-state index < -0.39 is 0 Å². The summed E-state index contributed by atoms with van der Waals surface area (Å²) in [7, 11) is 0. The fourth-order valence-electron chi connectivity index (χ4n) is 13.8. The largest absolute Gasteiger partial charge is 0.0617 e. The van der Waals surface area contributed by atoms with Crippen LogP contribution in [0.4, 0.5) is 0 Å². The maximum absolute atomic E-state index is 2.64. The van der Waals surface area contributed by atoms with Gasteiger partial charge in [0.1, 0.15) is 0 Å². The number of benzene rings is 12. The Kier molecular flexibility index (Phi) is 8.80. The molecule has 0 saturated carbocycles. The number of hydrogen-bond donors (Lipinski definition) is 0. The molecule has 0 spiro atoms. The van der Waals surface area contributed by atoms with Crippen molar-refractivity contribution in [1.82, 2.24) is 0 Å². The third-order valence-electron chi connectivity index (χ3n) is 17.2. The lowest BCUT2D eigenvalue weighted by Crippen LogP contribution is -2.15. The van der Waals surface area contributed by atoms with Gasteiger partial charge in [0, 0.05) is 5.41 Å². The highest BCUT2D eigenvalue weighted by Crippen LogP contribution is 2.61. The topological polar surface area (TPSA) is 0 Å². The second-order valence-corrected chi connectivity index (χ2v) is 22.5. The lowest BCUT2D eigenvalue weighted by molar-refractivity contribution is 0.661. The van der Waals surface area contributed by atoms with Crippen molar-refractivity contribution in [2.45, 2.75) is 86.5 Å². The molecule has 342 valence electrons. The summed E-state index contributed by atoms with van der Waals surface area (Å²) < 4.78 is 0. The zero-order valence-electron chi connectivity index (χ0n) is 42.7. The Morgan fingerprint density at radius 2 is 0.873 bits per heavy atom. The molecule has 12 aromatic rings. The van der Waals surface area contributed by atoms with Gasteiger partial charge in [-0.1, -0.05) is 174 Å². The summed E-state index contributed by atoms with van der Waals surface area (Å²) in [5.74, 6) is 0.610. The lowest BCUT2D eigenvalue weighted by Gasteiger charge is -2.26. The monoisotopic (exact) mass is 910 g/mol. The summed E-state index contributed by atoms with van der Waals surface area (Å²) in [4.78, 5) is 0. The van der Waals surface area contributed by atoms with Crippen molar-refractivity contribution in [3.05, 3.63) is 202 Å². The molecule has 0 nitrogen and oxygen atoms in total. The van der Waals surface area contributed by atoms with Gasteiger partial charge in [-0.25, -0.2) is 0 Å². The van der Waals surface area contributed by atoms with Gasteiger partial charge in [-0.3, -0.25) is 0 Å². The third kappa shape index (κ3) is 5.68. The van der Waals surface area contributed by atoms with E-state index in [-0.39, 0.29) is 5.41 Å². The Hall–Kier alpha value is -7.54. The predicted molar refractivity (Wildman–Crippen MR) is 308 cm³/mol. The van der Waals surface area contributed by atoms with Crippen LogP contribution >= 0.6 is 0 Å². The molecule has 0 N–H and O–H groups in total. The van der Waals surface area contributed by atoms with Crippen molar-refractivity contribution in [2.24, 2.45) is 0 Å². The maximum Gasteiger partial charge on any atom is 0.0159 e. The first-order chi connectivity index (χ1) is 34.3. The molecular weight excluding hydrogens is 853 g/mol. The molecule has 0 heteroatoms. The van der Waals surface area contributed by atoms with E-state index in [1.54, 1.807) is 0 Å². The van der Waals surface area contributed by atoms with Gasteiger partial charge in [0.05, 0.1) is 0 Å².